The van der Waals surface area contributed by atoms with Crippen LogP contribution in [0, 0.1) is 5.82 Å². The van der Waals surface area contributed by atoms with Crippen molar-refractivity contribution in [3.8, 4) is 11.5 Å². The molecule has 1 aromatic rings. The summed E-state index contributed by atoms with van der Waals surface area (Å²) in [6.45, 7) is -0.122. The second-order valence-corrected chi connectivity index (χ2v) is 2.52. The molecule has 0 bridgehead atoms. The van der Waals surface area contributed by atoms with Crippen LogP contribution in [0.25, 0.3) is 0 Å². The Morgan fingerprint density at radius 2 is 2.36 bits per heavy atom. The molecule has 4 nitrogen and oxygen atoms in total. The molecule has 0 aliphatic rings. The van der Waals surface area contributed by atoms with Gasteiger partial charge in [0.15, 0.2) is 11.5 Å². The number of halogens is 1. The van der Waals surface area contributed by atoms with Crippen LogP contribution < -0.4 is 4.74 Å². The Labute approximate surface area is 79.7 Å². The third kappa shape index (κ3) is 2.08. The highest BCUT2D eigenvalue weighted by atomic mass is 19.1. The van der Waals surface area contributed by atoms with Crippen molar-refractivity contribution in [2.45, 2.75) is 6.54 Å². The molecule has 0 heterocycles. The zero-order chi connectivity index (χ0) is 10.6. The standard InChI is InChI=1S/C9H8FNO3/c1-14-8-3-7(10)2-6(9(8)13)4-11-5-12/h2-3,13H,4H2,1H3. The van der Waals surface area contributed by atoms with Gasteiger partial charge in [-0.15, -0.1) is 0 Å². The summed E-state index contributed by atoms with van der Waals surface area (Å²) in [5, 5.41) is 9.46. The first-order chi connectivity index (χ1) is 6.69. The number of hydrogen-bond acceptors (Lipinski definition) is 4. The molecular weight excluding hydrogens is 189 g/mol. The molecule has 74 valence electrons. The average Bonchev–Trinajstić information content (AvgIpc) is 2.18. The fraction of sp³-hybridized carbons (Fsp3) is 0.222. The molecule has 1 aromatic carbocycles. The highest BCUT2D eigenvalue weighted by Crippen LogP contribution is 2.31. The third-order valence-electron chi connectivity index (χ3n) is 1.65. The van der Waals surface area contributed by atoms with Crippen LogP contribution in [0.4, 0.5) is 4.39 Å². The minimum Gasteiger partial charge on any atom is -0.504 e. The summed E-state index contributed by atoms with van der Waals surface area (Å²) in [5.74, 6) is -0.759. The third-order valence-corrected chi connectivity index (χ3v) is 1.65. The van der Waals surface area contributed by atoms with Crippen molar-refractivity contribution in [3.05, 3.63) is 23.5 Å². The van der Waals surface area contributed by atoms with Crippen LogP contribution in [0.15, 0.2) is 17.1 Å². The van der Waals surface area contributed by atoms with Crippen LogP contribution in [-0.4, -0.2) is 18.3 Å². The summed E-state index contributed by atoms with van der Waals surface area (Å²) in [6.07, 6.45) is 1.30. The van der Waals surface area contributed by atoms with Gasteiger partial charge in [0, 0.05) is 11.6 Å². The maximum atomic E-state index is 12.9. The maximum absolute atomic E-state index is 12.9. The lowest BCUT2D eigenvalue weighted by Crippen LogP contribution is -1.91. The van der Waals surface area contributed by atoms with Gasteiger partial charge in [-0.25, -0.2) is 14.2 Å². The number of hydrogen-bond donors (Lipinski definition) is 1. The van der Waals surface area contributed by atoms with E-state index in [1.54, 1.807) is 0 Å². The van der Waals surface area contributed by atoms with E-state index >= 15 is 0 Å². The van der Waals surface area contributed by atoms with Crippen molar-refractivity contribution >= 4 is 6.08 Å². The monoisotopic (exact) mass is 197 g/mol. The van der Waals surface area contributed by atoms with Crippen molar-refractivity contribution < 1.29 is 19.0 Å². The molecule has 0 radical (unpaired) electrons. The van der Waals surface area contributed by atoms with Crippen molar-refractivity contribution in [1.82, 2.24) is 0 Å². The summed E-state index contributed by atoms with van der Waals surface area (Å²) in [7, 11) is 1.31. The minimum atomic E-state index is -0.559. The summed E-state index contributed by atoms with van der Waals surface area (Å²) < 4.78 is 17.6. The maximum Gasteiger partial charge on any atom is 0.235 e. The molecule has 0 spiro atoms. The van der Waals surface area contributed by atoms with Gasteiger partial charge >= 0.3 is 0 Å². The Balaban J connectivity index is 3.14. The van der Waals surface area contributed by atoms with Crippen LogP contribution in [0.1, 0.15) is 5.56 Å². The molecule has 0 fully saturated rings. The molecule has 0 aliphatic carbocycles. The van der Waals surface area contributed by atoms with E-state index in [-0.39, 0.29) is 23.6 Å². The average molecular weight is 197 g/mol. The fourth-order valence-corrected chi connectivity index (χ4v) is 1.02. The van der Waals surface area contributed by atoms with Gasteiger partial charge in [0.25, 0.3) is 0 Å². The van der Waals surface area contributed by atoms with Crippen molar-refractivity contribution in [1.29, 1.82) is 0 Å². The van der Waals surface area contributed by atoms with E-state index in [0.717, 1.165) is 12.1 Å². The molecule has 0 aliphatic heterocycles. The van der Waals surface area contributed by atoms with Gasteiger partial charge in [0.05, 0.1) is 13.7 Å². The highest BCUT2D eigenvalue weighted by Gasteiger charge is 2.09. The molecule has 0 atom stereocenters. The first-order valence-corrected chi connectivity index (χ1v) is 3.78. The number of isocyanates is 1. The van der Waals surface area contributed by atoms with Gasteiger partial charge in [0.2, 0.25) is 6.08 Å². The van der Waals surface area contributed by atoms with E-state index in [1.165, 1.54) is 13.2 Å². The van der Waals surface area contributed by atoms with Gasteiger partial charge in [0.1, 0.15) is 5.82 Å². The number of phenols is 1. The number of aromatic hydroxyl groups is 1. The summed E-state index contributed by atoms with van der Waals surface area (Å²) >= 11 is 0. The van der Waals surface area contributed by atoms with Crippen molar-refractivity contribution in [2.75, 3.05) is 7.11 Å². The van der Waals surface area contributed by atoms with Crippen LogP contribution in [-0.2, 0) is 11.3 Å². The minimum absolute atomic E-state index is 0.0149. The number of nitrogens with zero attached hydrogens (tertiary/aromatic N) is 1. The predicted molar refractivity (Wildman–Crippen MR) is 46.4 cm³/mol. The van der Waals surface area contributed by atoms with Crippen molar-refractivity contribution in [2.24, 2.45) is 4.99 Å². The van der Waals surface area contributed by atoms with Crippen LogP contribution in [0.3, 0.4) is 0 Å². The number of methoxy groups -OCH3 is 1. The van der Waals surface area contributed by atoms with Crippen LogP contribution in [0.5, 0.6) is 11.5 Å². The molecule has 0 saturated carbocycles. The molecule has 0 saturated heterocycles. The molecule has 14 heavy (non-hydrogen) atoms. The normalized spacial score (nSPS) is 9.29. The second-order valence-electron chi connectivity index (χ2n) is 2.52. The van der Waals surface area contributed by atoms with E-state index in [2.05, 4.69) is 4.99 Å². The molecule has 1 N–H and O–H groups in total. The van der Waals surface area contributed by atoms with Crippen LogP contribution in [0.2, 0.25) is 0 Å². The molecule has 0 aromatic heterocycles. The molecule has 5 heteroatoms. The largest absolute Gasteiger partial charge is 0.504 e. The first kappa shape index (κ1) is 10.2. The summed E-state index contributed by atoms with van der Waals surface area (Å²) in [5.41, 5.74) is 0.185. The number of phenolic OH excluding ortho intramolecular Hbond substituents is 1. The smallest absolute Gasteiger partial charge is 0.235 e. The quantitative estimate of drug-likeness (QED) is 0.588. The van der Waals surface area contributed by atoms with E-state index in [0.29, 0.717) is 0 Å². The lowest BCUT2D eigenvalue weighted by atomic mass is 10.2. The van der Waals surface area contributed by atoms with Gasteiger partial charge in [-0.2, -0.15) is 0 Å². The number of carbonyl (C=O) groups excluding carboxylic acids is 1. The van der Waals surface area contributed by atoms with Crippen molar-refractivity contribution in [3.63, 3.8) is 0 Å². The molecular formula is C9H8FNO3. The first-order valence-electron chi connectivity index (χ1n) is 3.78. The van der Waals surface area contributed by atoms with Gasteiger partial charge in [-0.05, 0) is 6.07 Å². The predicted octanol–water partition coefficient (Wildman–Crippen LogP) is 1.38. The summed E-state index contributed by atoms with van der Waals surface area (Å²) in [6, 6.07) is 2.13. The molecule has 1 rings (SSSR count). The highest BCUT2D eigenvalue weighted by molar-refractivity contribution is 5.46. The zero-order valence-electron chi connectivity index (χ0n) is 7.45. The SMILES string of the molecule is COc1cc(F)cc(CN=C=O)c1O. The number of ether oxygens (including phenoxy) is 1. The van der Waals surface area contributed by atoms with Gasteiger partial charge < -0.3 is 9.84 Å². The number of aliphatic imine (C=N–C) groups is 1. The topological polar surface area (TPSA) is 58.9 Å². The van der Waals surface area contributed by atoms with E-state index in [1.807, 2.05) is 0 Å². The molecule has 0 unspecified atom stereocenters. The van der Waals surface area contributed by atoms with E-state index < -0.39 is 5.82 Å². The Morgan fingerprint density at radius 3 is 2.93 bits per heavy atom. The Morgan fingerprint density at radius 1 is 1.64 bits per heavy atom. The lowest BCUT2D eigenvalue weighted by Gasteiger charge is -2.06. The fourth-order valence-electron chi connectivity index (χ4n) is 1.02. The van der Waals surface area contributed by atoms with Gasteiger partial charge in [-0.3, -0.25) is 0 Å². The number of benzene rings is 1. The Hall–Kier alpha value is -1.87. The summed E-state index contributed by atoms with van der Waals surface area (Å²) in [4.78, 5) is 13.1. The molecule has 0 amide bonds. The van der Waals surface area contributed by atoms with Crippen LogP contribution >= 0.6 is 0 Å². The second kappa shape index (κ2) is 4.39. The van der Waals surface area contributed by atoms with E-state index in [9.17, 15) is 14.3 Å². The lowest BCUT2D eigenvalue weighted by molar-refractivity contribution is 0.367. The van der Waals surface area contributed by atoms with Gasteiger partial charge in [-0.1, -0.05) is 0 Å². The number of rotatable bonds is 3. The zero-order valence-corrected chi connectivity index (χ0v) is 7.45. The Kier molecular flexibility index (Phi) is 3.20. The Bertz CT molecular complexity index is 386. The van der Waals surface area contributed by atoms with E-state index in [4.69, 9.17) is 4.74 Å².